The van der Waals surface area contributed by atoms with E-state index >= 15 is 0 Å². The highest BCUT2D eigenvalue weighted by Gasteiger charge is 2.34. The number of carbonyl (C=O) groups is 2. The Morgan fingerprint density at radius 2 is 2.28 bits per heavy atom. The first-order valence-electron chi connectivity index (χ1n) is 8.49. The predicted molar refractivity (Wildman–Crippen MR) is 91.9 cm³/mol. The fourth-order valence-electron chi connectivity index (χ4n) is 2.99. The second kappa shape index (κ2) is 7.42. The van der Waals surface area contributed by atoms with Crippen LogP contribution in [0.4, 0.5) is 10.6 Å². The van der Waals surface area contributed by atoms with Gasteiger partial charge in [-0.3, -0.25) is 14.8 Å². The van der Waals surface area contributed by atoms with Crippen molar-refractivity contribution in [3.05, 3.63) is 35.9 Å². The molecule has 0 spiro atoms. The summed E-state index contributed by atoms with van der Waals surface area (Å²) >= 11 is 0. The van der Waals surface area contributed by atoms with Crippen LogP contribution in [-0.2, 0) is 24.8 Å². The maximum absolute atomic E-state index is 12.6. The van der Waals surface area contributed by atoms with Gasteiger partial charge in [-0.25, -0.2) is 4.79 Å². The van der Waals surface area contributed by atoms with Crippen LogP contribution in [0.25, 0.3) is 0 Å². The molecule has 2 aromatic rings. The Bertz CT molecular complexity index is 738. The third-order valence-corrected chi connectivity index (χ3v) is 4.36. The molecular formula is C17H23N5O3. The van der Waals surface area contributed by atoms with Crippen LogP contribution >= 0.6 is 0 Å². The monoisotopic (exact) mass is 345 g/mol. The molecule has 1 saturated heterocycles. The van der Waals surface area contributed by atoms with Gasteiger partial charge in [0.2, 0.25) is 5.91 Å². The first-order chi connectivity index (χ1) is 12.1. The zero-order valence-corrected chi connectivity index (χ0v) is 14.5. The molecule has 0 aliphatic carbocycles. The number of rotatable bonds is 5. The van der Waals surface area contributed by atoms with Crippen molar-refractivity contribution in [3.8, 4) is 0 Å². The summed E-state index contributed by atoms with van der Waals surface area (Å²) < 4.78 is 6.85. The van der Waals surface area contributed by atoms with Crippen LogP contribution in [-0.4, -0.2) is 39.2 Å². The first kappa shape index (κ1) is 17.1. The summed E-state index contributed by atoms with van der Waals surface area (Å²) in [5, 5.41) is 9.99. The number of nitrogens with one attached hydrogen (secondary N) is 2. The number of carbonyl (C=O) groups excluding carboxylic acids is 2. The fourth-order valence-corrected chi connectivity index (χ4v) is 2.99. The molecule has 0 aromatic carbocycles. The lowest BCUT2D eigenvalue weighted by molar-refractivity contribution is -0.124. The average molecular weight is 345 g/mol. The number of amides is 3. The number of nitrogens with zero attached hydrogens (tertiary/aromatic N) is 3. The molecule has 25 heavy (non-hydrogen) atoms. The Hall–Kier alpha value is -2.77. The van der Waals surface area contributed by atoms with Gasteiger partial charge < -0.3 is 14.6 Å². The number of urea groups is 1. The maximum Gasteiger partial charge on any atom is 0.323 e. The van der Waals surface area contributed by atoms with E-state index in [1.807, 2.05) is 13.0 Å². The molecule has 1 atom stereocenters. The Labute approximate surface area is 146 Å². The summed E-state index contributed by atoms with van der Waals surface area (Å²) in [6.45, 7) is 2.89. The minimum absolute atomic E-state index is 0.164. The molecule has 3 heterocycles. The molecule has 3 rings (SSSR count). The third kappa shape index (κ3) is 3.84. The molecule has 0 bridgehead atoms. The van der Waals surface area contributed by atoms with Crippen molar-refractivity contribution < 1.29 is 14.0 Å². The van der Waals surface area contributed by atoms with Crippen molar-refractivity contribution >= 4 is 17.8 Å². The van der Waals surface area contributed by atoms with E-state index in [0.29, 0.717) is 31.1 Å². The van der Waals surface area contributed by atoms with E-state index in [9.17, 15) is 9.59 Å². The minimum Gasteiger partial charge on any atom is -0.467 e. The molecule has 2 aromatic heterocycles. The molecule has 134 valence electrons. The lowest BCUT2D eigenvalue weighted by Crippen LogP contribution is -2.47. The van der Waals surface area contributed by atoms with Crippen LogP contribution in [0.15, 0.2) is 28.9 Å². The van der Waals surface area contributed by atoms with Gasteiger partial charge in [-0.2, -0.15) is 5.10 Å². The summed E-state index contributed by atoms with van der Waals surface area (Å²) in [5.41, 5.74) is 0.909. The maximum atomic E-state index is 12.6. The van der Waals surface area contributed by atoms with Gasteiger partial charge >= 0.3 is 6.03 Å². The van der Waals surface area contributed by atoms with Crippen molar-refractivity contribution in [1.82, 2.24) is 20.0 Å². The standard InChI is InChI=1S/C17H23N5O3/c1-3-12-10-15(21(2)20-12)19-17(24)22-8-4-7-14(22)16(23)18-11-13-6-5-9-25-13/h5-6,9-10,14H,3-4,7-8,11H2,1-2H3,(H,18,23)(H,19,24)/t14-/m1/s1. The number of hydrogen-bond donors (Lipinski definition) is 2. The lowest BCUT2D eigenvalue weighted by Gasteiger charge is -2.24. The molecule has 0 saturated carbocycles. The van der Waals surface area contributed by atoms with Gasteiger partial charge in [-0.1, -0.05) is 6.92 Å². The van der Waals surface area contributed by atoms with Crippen molar-refractivity contribution in [2.24, 2.45) is 7.05 Å². The molecule has 1 aliphatic heterocycles. The summed E-state index contributed by atoms with van der Waals surface area (Å²) in [5.74, 6) is 1.15. The Morgan fingerprint density at radius 3 is 2.96 bits per heavy atom. The van der Waals surface area contributed by atoms with Crippen molar-refractivity contribution in [2.45, 2.75) is 38.8 Å². The van der Waals surface area contributed by atoms with Gasteiger partial charge in [0.25, 0.3) is 0 Å². The SMILES string of the molecule is CCc1cc(NC(=O)N2CCC[C@@H]2C(=O)NCc2ccco2)n(C)n1. The third-order valence-electron chi connectivity index (χ3n) is 4.36. The molecule has 0 radical (unpaired) electrons. The quantitative estimate of drug-likeness (QED) is 0.865. The number of aromatic nitrogens is 2. The summed E-state index contributed by atoms with van der Waals surface area (Å²) in [7, 11) is 1.78. The zero-order valence-electron chi connectivity index (χ0n) is 14.5. The smallest absolute Gasteiger partial charge is 0.323 e. The minimum atomic E-state index is -0.464. The van der Waals surface area contributed by atoms with E-state index in [1.54, 1.807) is 35.0 Å². The van der Waals surface area contributed by atoms with E-state index in [2.05, 4.69) is 15.7 Å². The molecule has 1 aliphatic rings. The van der Waals surface area contributed by atoms with Gasteiger partial charge in [-0.15, -0.1) is 0 Å². The topological polar surface area (TPSA) is 92.4 Å². The lowest BCUT2D eigenvalue weighted by atomic mass is 10.2. The van der Waals surface area contributed by atoms with Crippen LogP contribution in [0, 0.1) is 0 Å². The Balaban J connectivity index is 1.60. The largest absolute Gasteiger partial charge is 0.467 e. The second-order valence-electron chi connectivity index (χ2n) is 6.08. The Kier molecular flexibility index (Phi) is 5.06. The number of furan rings is 1. The zero-order chi connectivity index (χ0) is 17.8. The summed E-state index contributed by atoms with van der Waals surface area (Å²) in [6.07, 6.45) is 3.82. The van der Waals surface area contributed by atoms with E-state index in [-0.39, 0.29) is 11.9 Å². The summed E-state index contributed by atoms with van der Waals surface area (Å²) in [4.78, 5) is 26.6. The van der Waals surface area contributed by atoms with Crippen LogP contribution in [0.2, 0.25) is 0 Å². The van der Waals surface area contributed by atoms with Gasteiger partial charge in [0.15, 0.2) is 0 Å². The number of aryl methyl sites for hydroxylation is 2. The highest BCUT2D eigenvalue weighted by atomic mass is 16.3. The molecule has 0 unspecified atom stereocenters. The first-order valence-corrected chi connectivity index (χ1v) is 8.49. The van der Waals surface area contributed by atoms with Gasteiger partial charge in [-0.05, 0) is 31.4 Å². The molecule has 1 fully saturated rings. The highest BCUT2D eigenvalue weighted by Crippen LogP contribution is 2.20. The van der Waals surface area contributed by atoms with Crippen molar-refractivity contribution in [3.63, 3.8) is 0 Å². The van der Waals surface area contributed by atoms with E-state index in [1.165, 1.54) is 0 Å². The van der Waals surface area contributed by atoms with Gasteiger partial charge in [0, 0.05) is 19.7 Å². The normalized spacial score (nSPS) is 16.9. The molecule has 2 N–H and O–H groups in total. The molecular weight excluding hydrogens is 322 g/mol. The molecule has 3 amide bonds. The van der Waals surface area contributed by atoms with Gasteiger partial charge in [0.05, 0.1) is 18.5 Å². The fraction of sp³-hybridized carbons (Fsp3) is 0.471. The van der Waals surface area contributed by atoms with E-state index in [4.69, 9.17) is 4.42 Å². The highest BCUT2D eigenvalue weighted by molar-refractivity contribution is 5.93. The number of hydrogen-bond acceptors (Lipinski definition) is 4. The van der Waals surface area contributed by atoms with E-state index in [0.717, 1.165) is 18.5 Å². The summed E-state index contributed by atoms with van der Waals surface area (Å²) in [6, 6.07) is 4.68. The van der Waals surface area contributed by atoms with Crippen LogP contribution in [0.3, 0.4) is 0 Å². The second-order valence-corrected chi connectivity index (χ2v) is 6.08. The number of anilines is 1. The van der Waals surface area contributed by atoms with Crippen molar-refractivity contribution in [1.29, 1.82) is 0 Å². The number of likely N-dealkylation sites (tertiary alicyclic amines) is 1. The van der Waals surface area contributed by atoms with Crippen LogP contribution in [0.5, 0.6) is 0 Å². The van der Waals surface area contributed by atoms with Gasteiger partial charge in [0.1, 0.15) is 17.6 Å². The van der Waals surface area contributed by atoms with Crippen molar-refractivity contribution in [2.75, 3.05) is 11.9 Å². The van der Waals surface area contributed by atoms with E-state index < -0.39 is 6.04 Å². The average Bonchev–Trinajstić information content (AvgIpc) is 3.34. The molecule has 8 heteroatoms. The van der Waals surface area contributed by atoms with Crippen LogP contribution < -0.4 is 10.6 Å². The van der Waals surface area contributed by atoms with Crippen LogP contribution in [0.1, 0.15) is 31.2 Å². The predicted octanol–water partition coefficient (Wildman–Crippen LogP) is 1.89. The molecule has 8 nitrogen and oxygen atoms in total. The Morgan fingerprint density at radius 1 is 1.44 bits per heavy atom.